The number of carbonyl (C=O) groups excluding carboxylic acids is 1. The highest BCUT2D eigenvalue weighted by atomic mass is 19.1. The molecule has 3 heteroatoms. The van der Waals surface area contributed by atoms with Gasteiger partial charge in [-0.15, -0.1) is 0 Å². The van der Waals surface area contributed by atoms with Crippen LogP contribution in [-0.4, -0.2) is 10.8 Å². The Hall–Kier alpha value is -2.03. The molecule has 0 N–H and O–H groups in total. The molecule has 0 saturated carbocycles. The first-order chi connectivity index (χ1) is 8.09. The van der Waals surface area contributed by atoms with Crippen LogP contribution < -0.4 is 0 Å². The van der Waals surface area contributed by atoms with E-state index in [1.807, 2.05) is 26.0 Å². The van der Waals surface area contributed by atoms with Gasteiger partial charge in [-0.25, -0.2) is 4.39 Å². The van der Waals surface area contributed by atoms with E-state index in [9.17, 15) is 9.18 Å². The monoisotopic (exact) mass is 229 g/mol. The van der Waals surface area contributed by atoms with Crippen LogP contribution in [0.2, 0.25) is 0 Å². The maximum atomic E-state index is 13.5. The molecule has 0 atom stereocenters. The average Bonchev–Trinajstić information content (AvgIpc) is 2.32. The van der Waals surface area contributed by atoms with Crippen LogP contribution in [0.15, 0.2) is 36.7 Å². The first-order valence-corrected chi connectivity index (χ1v) is 5.31. The molecular formula is C14H12FNO. The molecule has 0 saturated heterocycles. The van der Waals surface area contributed by atoms with Crippen LogP contribution in [0.5, 0.6) is 0 Å². The summed E-state index contributed by atoms with van der Waals surface area (Å²) in [6, 6.07) is 6.97. The standard InChI is InChI=1S/C14H12FNO/c1-9-3-4-10(2)12(7-9)14(17)11-5-6-16-8-13(11)15/h3-8H,1-2H3. The second-order valence-electron chi connectivity index (χ2n) is 4.00. The molecule has 0 fully saturated rings. The molecule has 0 aliphatic heterocycles. The Balaban J connectivity index is 2.51. The van der Waals surface area contributed by atoms with E-state index < -0.39 is 5.82 Å². The number of pyridine rings is 1. The predicted molar refractivity (Wildman–Crippen MR) is 63.5 cm³/mol. The zero-order valence-electron chi connectivity index (χ0n) is 9.70. The lowest BCUT2D eigenvalue weighted by atomic mass is 9.98. The molecule has 0 unspecified atom stereocenters. The minimum Gasteiger partial charge on any atom is -0.288 e. The zero-order chi connectivity index (χ0) is 12.4. The number of ketones is 1. The van der Waals surface area contributed by atoms with Crippen LogP contribution in [0.1, 0.15) is 27.0 Å². The van der Waals surface area contributed by atoms with Gasteiger partial charge in [0.1, 0.15) is 0 Å². The number of benzene rings is 1. The summed E-state index contributed by atoms with van der Waals surface area (Å²) in [6.07, 6.45) is 2.47. The van der Waals surface area contributed by atoms with Crippen LogP contribution in [0.3, 0.4) is 0 Å². The predicted octanol–water partition coefficient (Wildman–Crippen LogP) is 3.07. The van der Waals surface area contributed by atoms with E-state index in [4.69, 9.17) is 0 Å². The Morgan fingerprint density at radius 2 is 1.94 bits per heavy atom. The molecule has 2 aromatic rings. The number of carbonyl (C=O) groups is 1. The van der Waals surface area contributed by atoms with Crippen molar-refractivity contribution >= 4 is 5.78 Å². The number of nitrogens with zero attached hydrogens (tertiary/aromatic N) is 1. The van der Waals surface area contributed by atoms with Crippen molar-refractivity contribution in [2.75, 3.05) is 0 Å². The Labute approximate surface area is 99.1 Å². The summed E-state index contributed by atoms with van der Waals surface area (Å²) in [6.45, 7) is 3.74. The van der Waals surface area contributed by atoms with Gasteiger partial charge in [0.25, 0.3) is 0 Å². The summed E-state index contributed by atoms with van der Waals surface area (Å²) < 4.78 is 13.5. The molecule has 17 heavy (non-hydrogen) atoms. The summed E-state index contributed by atoms with van der Waals surface area (Å²) in [5, 5.41) is 0. The van der Waals surface area contributed by atoms with E-state index in [-0.39, 0.29) is 11.3 Å². The highest BCUT2D eigenvalue weighted by Crippen LogP contribution is 2.17. The summed E-state index contributed by atoms with van der Waals surface area (Å²) in [5.74, 6) is -0.885. The summed E-state index contributed by atoms with van der Waals surface area (Å²) in [4.78, 5) is 15.8. The maximum Gasteiger partial charge on any atom is 0.196 e. The van der Waals surface area contributed by atoms with Crippen molar-refractivity contribution in [1.29, 1.82) is 0 Å². The lowest BCUT2D eigenvalue weighted by Crippen LogP contribution is -2.06. The number of aromatic nitrogens is 1. The van der Waals surface area contributed by atoms with Gasteiger partial charge in [0.15, 0.2) is 11.6 Å². The van der Waals surface area contributed by atoms with Crippen molar-refractivity contribution < 1.29 is 9.18 Å². The minimum absolute atomic E-state index is 0.0636. The van der Waals surface area contributed by atoms with Crippen molar-refractivity contribution in [2.24, 2.45) is 0 Å². The van der Waals surface area contributed by atoms with E-state index in [0.29, 0.717) is 5.56 Å². The van der Waals surface area contributed by atoms with E-state index in [2.05, 4.69) is 4.98 Å². The third-order valence-electron chi connectivity index (χ3n) is 2.65. The smallest absolute Gasteiger partial charge is 0.196 e. The Kier molecular flexibility index (Phi) is 3.00. The van der Waals surface area contributed by atoms with E-state index in [1.54, 1.807) is 6.07 Å². The quantitative estimate of drug-likeness (QED) is 0.741. The molecule has 0 aliphatic rings. The lowest BCUT2D eigenvalue weighted by molar-refractivity contribution is 0.103. The Bertz CT molecular complexity index is 578. The number of rotatable bonds is 2. The van der Waals surface area contributed by atoms with Gasteiger partial charge in [-0.2, -0.15) is 0 Å². The molecule has 2 rings (SSSR count). The third kappa shape index (κ3) is 2.23. The van der Waals surface area contributed by atoms with Crippen molar-refractivity contribution in [3.8, 4) is 0 Å². The highest BCUT2D eigenvalue weighted by molar-refractivity contribution is 6.10. The van der Waals surface area contributed by atoms with Crippen LogP contribution >= 0.6 is 0 Å². The SMILES string of the molecule is Cc1ccc(C)c(C(=O)c2ccncc2F)c1. The summed E-state index contributed by atoms with van der Waals surface area (Å²) >= 11 is 0. The molecule has 0 bridgehead atoms. The van der Waals surface area contributed by atoms with Crippen LogP contribution in [0, 0.1) is 19.7 Å². The normalized spacial score (nSPS) is 10.3. The topological polar surface area (TPSA) is 30.0 Å². The van der Waals surface area contributed by atoms with Crippen molar-refractivity contribution in [1.82, 2.24) is 4.98 Å². The van der Waals surface area contributed by atoms with Gasteiger partial charge in [0.2, 0.25) is 0 Å². The lowest BCUT2D eigenvalue weighted by Gasteiger charge is -2.06. The Morgan fingerprint density at radius 3 is 2.65 bits per heavy atom. The van der Waals surface area contributed by atoms with Crippen LogP contribution in [-0.2, 0) is 0 Å². The van der Waals surface area contributed by atoms with Gasteiger partial charge >= 0.3 is 0 Å². The summed E-state index contributed by atoms with van der Waals surface area (Å²) in [7, 11) is 0. The van der Waals surface area contributed by atoms with Crippen LogP contribution in [0.25, 0.3) is 0 Å². The second-order valence-corrected chi connectivity index (χ2v) is 4.00. The second kappa shape index (κ2) is 4.45. The molecule has 0 spiro atoms. The van der Waals surface area contributed by atoms with E-state index >= 15 is 0 Å². The Morgan fingerprint density at radius 1 is 1.18 bits per heavy atom. The van der Waals surface area contributed by atoms with Gasteiger partial charge in [-0.05, 0) is 31.5 Å². The number of aryl methyl sites for hydroxylation is 2. The fourth-order valence-electron chi connectivity index (χ4n) is 1.68. The number of halogens is 1. The first-order valence-electron chi connectivity index (χ1n) is 5.31. The summed E-state index contributed by atoms with van der Waals surface area (Å²) in [5.41, 5.74) is 2.43. The third-order valence-corrected chi connectivity index (χ3v) is 2.65. The van der Waals surface area contributed by atoms with E-state index in [0.717, 1.165) is 17.3 Å². The van der Waals surface area contributed by atoms with Crippen molar-refractivity contribution in [2.45, 2.75) is 13.8 Å². The molecule has 0 aliphatic carbocycles. The van der Waals surface area contributed by atoms with Crippen LogP contribution in [0.4, 0.5) is 4.39 Å². The van der Waals surface area contributed by atoms with Gasteiger partial charge in [-0.1, -0.05) is 17.7 Å². The van der Waals surface area contributed by atoms with Gasteiger partial charge < -0.3 is 0 Å². The molecule has 1 aromatic carbocycles. The van der Waals surface area contributed by atoms with Gasteiger partial charge in [-0.3, -0.25) is 9.78 Å². The fourth-order valence-corrected chi connectivity index (χ4v) is 1.68. The maximum absolute atomic E-state index is 13.5. The fraction of sp³-hybridized carbons (Fsp3) is 0.143. The molecule has 1 heterocycles. The van der Waals surface area contributed by atoms with Crippen molar-refractivity contribution in [3.05, 3.63) is 64.7 Å². The van der Waals surface area contributed by atoms with E-state index in [1.165, 1.54) is 12.3 Å². The average molecular weight is 229 g/mol. The molecule has 1 aromatic heterocycles. The molecular weight excluding hydrogens is 217 g/mol. The molecule has 0 radical (unpaired) electrons. The number of hydrogen-bond acceptors (Lipinski definition) is 2. The van der Waals surface area contributed by atoms with Gasteiger partial charge in [0, 0.05) is 11.8 Å². The largest absolute Gasteiger partial charge is 0.288 e. The number of hydrogen-bond donors (Lipinski definition) is 0. The van der Waals surface area contributed by atoms with Crippen molar-refractivity contribution in [3.63, 3.8) is 0 Å². The molecule has 0 amide bonds. The molecule has 86 valence electrons. The highest BCUT2D eigenvalue weighted by Gasteiger charge is 2.15. The zero-order valence-corrected chi connectivity index (χ0v) is 9.70. The first kappa shape index (κ1) is 11.5. The molecule has 2 nitrogen and oxygen atoms in total. The van der Waals surface area contributed by atoms with Gasteiger partial charge in [0.05, 0.1) is 11.8 Å². The minimum atomic E-state index is -0.585.